The normalized spacial score (nSPS) is 13.8. The summed E-state index contributed by atoms with van der Waals surface area (Å²) in [6.07, 6.45) is 0. The third-order valence-corrected chi connectivity index (χ3v) is 7.48. The predicted octanol–water partition coefficient (Wildman–Crippen LogP) is 7.86. The molecule has 0 unspecified atom stereocenters. The molecule has 2 aromatic heterocycles. The van der Waals surface area contributed by atoms with Crippen LogP contribution in [0.2, 0.25) is 0 Å². The zero-order valence-electron chi connectivity index (χ0n) is 20.1. The van der Waals surface area contributed by atoms with Crippen molar-refractivity contribution in [3.63, 3.8) is 0 Å². The third-order valence-electron chi connectivity index (χ3n) is 7.48. The van der Waals surface area contributed by atoms with Gasteiger partial charge in [-0.1, -0.05) is 86.6 Å². The highest BCUT2D eigenvalue weighted by molar-refractivity contribution is 6.11. The van der Waals surface area contributed by atoms with E-state index in [9.17, 15) is 0 Å². The summed E-state index contributed by atoms with van der Waals surface area (Å²) >= 11 is 0. The molecule has 7 rings (SSSR count). The Morgan fingerprint density at radius 1 is 0.629 bits per heavy atom. The highest BCUT2D eigenvalue weighted by Crippen LogP contribution is 2.50. The van der Waals surface area contributed by atoms with Gasteiger partial charge in [-0.05, 0) is 47.4 Å². The lowest BCUT2D eigenvalue weighted by Crippen LogP contribution is -2.14. The van der Waals surface area contributed by atoms with Crippen LogP contribution in [-0.4, -0.2) is 14.5 Å². The quantitative estimate of drug-likeness (QED) is 0.268. The Hall–Kier alpha value is -4.24. The fourth-order valence-corrected chi connectivity index (χ4v) is 5.79. The second-order valence-corrected chi connectivity index (χ2v) is 10.00. The highest BCUT2D eigenvalue weighted by Gasteiger charge is 2.36. The van der Waals surface area contributed by atoms with Crippen LogP contribution in [0.4, 0.5) is 0 Å². The zero-order chi connectivity index (χ0) is 23.7. The van der Waals surface area contributed by atoms with Gasteiger partial charge in [-0.2, -0.15) is 0 Å². The lowest BCUT2D eigenvalue weighted by Gasteiger charge is -2.21. The Labute approximate surface area is 204 Å². The maximum absolute atomic E-state index is 5.06. The topological polar surface area (TPSA) is 30.7 Å². The Balaban J connectivity index is 1.57. The third kappa shape index (κ3) is 2.85. The molecule has 0 atom stereocenters. The molecule has 0 saturated carbocycles. The maximum Gasteiger partial charge on any atom is 0.161 e. The van der Waals surface area contributed by atoms with Crippen molar-refractivity contribution in [3.05, 3.63) is 114 Å². The van der Waals surface area contributed by atoms with Crippen LogP contribution in [0.5, 0.6) is 0 Å². The Kier molecular flexibility index (Phi) is 4.11. The van der Waals surface area contributed by atoms with Gasteiger partial charge in [-0.15, -0.1) is 0 Å². The molecule has 0 saturated heterocycles. The Bertz CT molecular complexity index is 1770. The van der Waals surface area contributed by atoms with Gasteiger partial charge in [-0.3, -0.25) is 4.57 Å². The molecule has 3 nitrogen and oxygen atoms in total. The molecule has 0 spiro atoms. The van der Waals surface area contributed by atoms with Crippen molar-refractivity contribution in [1.82, 2.24) is 14.5 Å². The molecular formula is C32H25N3. The minimum atomic E-state index is -0.0324. The number of fused-ring (bicyclic) bond motifs is 6. The van der Waals surface area contributed by atoms with Crippen molar-refractivity contribution in [3.8, 4) is 28.3 Å². The average molecular weight is 452 g/mol. The van der Waals surface area contributed by atoms with Gasteiger partial charge in [0.1, 0.15) is 5.82 Å². The average Bonchev–Trinajstić information content (AvgIpc) is 3.32. The molecule has 0 amide bonds. The number of nitrogens with zero attached hydrogens (tertiary/aromatic N) is 3. The van der Waals surface area contributed by atoms with Crippen molar-refractivity contribution >= 4 is 21.8 Å². The van der Waals surface area contributed by atoms with Crippen LogP contribution >= 0.6 is 0 Å². The van der Waals surface area contributed by atoms with Gasteiger partial charge < -0.3 is 0 Å². The highest BCUT2D eigenvalue weighted by atomic mass is 15.1. The number of para-hydroxylation sites is 1. The van der Waals surface area contributed by atoms with Crippen LogP contribution in [0.25, 0.3) is 50.1 Å². The summed E-state index contributed by atoms with van der Waals surface area (Å²) in [5.74, 6) is 1.65. The first-order valence-electron chi connectivity index (χ1n) is 12.1. The molecule has 0 radical (unpaired) electrons. The fraction of sp³-hybridized carbons (Fsp3) is 0.125. The van der Waals surface area contributed by atoms with Crippen molar-refractivity contribution in [2.45, 2.75) is 26.2 Å². The lowest BCUT2D eigenvalue weighted by atomic mass is 9.82. The van der Waals surface area contributed by atoms with E-state index in [0.29, 0.717) is 0 Å². The Morgan fingerprint density at radius 2 is 1.37 bits per heavy atom. The van der Waals surface area contributed by atoms with Crippen LogP contribution in [0.1, 0.15) is 30.7 Å². The minimum Gasteiger partial charge on any atom is -0.294 e. The molecule has 35 heavy (non-hydrogen) atoms. The van der Waals surface area contributed by atoms with E-state index >= 15 is 0 Å². The minimum absolute atomic E-state index is 0.0324. The molecule has 0 fully saturated rings. The summed E-state index contributed by atoms with van der Waals surface area (Å²) in [5.41, 5.74) is 9.70. The number of aryl methyl sites for hydroxylation is 1. The molecule has 6 aromatic rings. The largest absolute Gasteiger partial charge is 0.294 e. The molecule has 1 aliphatic rings. The molecule has 4 aromatic carbocycles. The van der Waals surface area contributed by atoms with E-state index in [1.165, 1.54) is 38.5 Å². The zero-order valence-corrected chi connectivity index (χ0v) is 20.1. The van der Waals surface area contributed by atoms with Crippen molar-refractivity contribution in [1.29, 1.82) is 0 Å². The van der Waals surface area contributed by atoms with E-state index in [-0.39, 0.29) is 5.41 Å². The molecular weight excluding hydrogens is 426 g/mol. The first kappa shape index (κ1) is 20.2. The van der Waals surface area contributed by atoms with Crippen LogP contribution in [0.3, 0.4) is 0 Å². The predicted molar refractivity (Wildman–Crippen MR) is 144 cm³/mol. The molecule has 1 aliphatic carbocycles. The van der Waals surface area contributed by atoms with Gasteiger partial charge in [0.15, 0.2) is 5.82 Å². The van der Waals surface area contributed by atoms with Crippen molar-refractivity contribution in [2.24, 2.45) is 0 Å². The van der Waals surface area contributed by atoms with E-state index in [1.807, 2.05) is 25.1 Å². The van der Waals surface area contributed by atoms with Crippen molar-refractivity contribution < 1.29 is 0 Å². The summed E-state index contributed by atoms with van der Waals surface area (Å²) < 4.78 is 2.31. The Morgan fingerprint density at radius 3 is 2.23 bits per heavy atom. The molecule has 2 heterocycles. The summed E-state index contributed by atoms with van der Waals surface area (Å²) in [6, 6.07) is 34.6. The molecule has 168 valence electrons. The van der Waals surface area contributed by atoms with Crippen LogP contribution in [-0.2, 0) is 5.41 Å². The first-order chi connectivity index (χ1) is 17.0. The summed E-state index contributed by atoms with van der Waals surface area (Å²) in [6.45, 7) is 6.72. The number of rotatable bonds is 2. The molecule has 0 aliphatic heterocycles. The monoisotopic (exact) mass is 451 g/mol. The number of hydrogen-bond acceptors (Lipinski definition) is 2. The number of benzene rings is 4. The van der Waals surface area contributed by atoms with Gasteiger partial charge >= 0.3 is 0 Å². The van der Waals surface area contributed by atoms with Gasteiger partial charge in [0.2, 0.25) is 0 Å². The van der Waals surface area contributed by atoms with E-state index in [0.717, 1.165) is 28.4 Å². The summed E-state index contributed by atoms with van der Waals surface area (Å²) in [5, 5.41) is 2.51. The number of aromatic nitrogens is 3. The van der Waals surface area contributed by atoms with Gasteiger partial charge in [-0.25, -0.2) is 9.97 Å². The second kappa shape index (κ2) is 7.13. The van der Waals surface area contributed by atoms with Gasteiger partial charge in [0.05, 0.1) is 11.0 Å². The molecule has 0 N–H and O–H groups in total. The van der Waals surface area contributed by atoms with E-state index < -0.39 is 0 Å². The van der Waals surface area contributed by atoms with E-state index in [1.54, 1.807) is 0 Å². The first-order valence-corrected chi connectivity index (χ1v) is 12.1. The van der Waals surface area contributed by atoms with E-state index in [4.69, 9.17) is 9.97 Å². The van der Waals surface area contributed by atoms with Gasteiger partial charge in [0, 0.05) is 33.5 Å². The van der Waals surface area contributed by atoms with Crippen LogP contribution < -0.4 is 0 Å². The summed E-state index contributed by atoms with van der Waals surface area (Å²) in [7, 11) is 0. The lowest BCUT2D eigenvalue weighted by molar-refractivity contribution is 0.661. The smallest absolute Gasteiger partial charge is 0.161 e. The fourth-order valence-electron chi connectivity index (χ4n) is 5.79. The van der Waals surface area contributed by atoms with Crippen LogP contribution in [0, 0.1) is 6.92 Å². The summed E-state index contributed by atoms with van der Waals surface area (Å²) in [4.78, 5) is 9.82. The van der Waals surface area contributed by atoms with Gasteiger partial charge in [0.25, 0.3) is 0 Å². The SMILES string of the molecule is Cc1cc(-n2c3ccccc3c3cc4c(cc32)-c2ccccc2C4(C)C)nc(-c2ccccc2)n1. The second-order valence-electron chi connectivity index (χ2n) is 10.00. The standard InChI is InChI=1S/C32H25N3/c1-20-17-30(34-31(33-20)21-11-5-4-6-12-21)35-28-16-10-8-14-23(28)25-18-27-24(19-29(25)35)22-13-7-9-15-26(22)32(27,2)3/h4-19H,1-3H3. The molecule has 3 heteroatoms. The number of hydrogen-bond donors (Lipinski definition) is 0. The van der Waals surface area contributed by atoms with Crippen molar-refractivity contribution in [2.75, 3.05) is 0 Å². The maximum atomic E-state index is 5.06. The molecule has 0 bridgehead atoms. The van der Waals surface area contributed by atoms with Crippen LogP contribution in [0.15, 0.2) is 97.1 Å². The van der Waals surface area contributed by atoms with E-state index in [2.05, 4.69) is 97.3 Å².